The maximum absolute atomic E-state index is 7.01. The van der Waals surface area contributed by atoms with Gasteiger partial charge in [-0.15, -0.1) is 0 Å². The molecule has 0 aliphatic carbocycles. The average Bonchev–Trinajstić information content (AvgIpc) is 3.63. The van der Waals surface area contributed by atoms with Crippen molar-refractivity contribution in [1.29, 1.82) is 0 Å². The van der Waals surface area contributed by atoms with Gasteiger partial charge in [0.15, 0.2) is 0 Å². The van der Waals surface area contributed by atoms with Crippen molar-refractivity contribution in [3.8, 4) is 44.9 Å². The molecule has 188 valence electrons. The third-order valence-electron chi connectivity index (χ3n) is 7.68. The van der Waals surface area contributed by atoms with Crippen molar-refractivity contribution in [2.45, 2.75) is 0 Å². The van der Waals surface area contributed by atoms with Crippen molar-refractivity contribution in [3.63, 3.8) is 0 Å². The lowest BCUT2D eigenvalue weighted by atomic mass is 9.92. The van der Waals surface area contributed by atoms with Crippen LogP contribution in [0.2, 0.25) is 0 Å². The lowest BCUT2D eigenvalue weighted by molar-refractivity contribution is 0.630. The van der Waals surface area contributed by atoms with Crippen LogP contribution in [0.3, 0.4) is 0 Å². The average molecular weight is 513 g/mol. The molecule has 0 aliphatic heterocycles. The van der Waals surface area contributed by atoms with E-state index in [1.54, 1.807) is 0 Å². The fourth-order valence-corrected chi connectivity index (χ4v) is 5.95. The molecular formula is C38H24O2. The summed E-state index contributed by atoms with van der Waals surface area (Å²) in [5, 5.41) is 4.29. The van der Waals surface area contributed by atoms with E-state index in [0.29, 0.717) is 0 Å². The van der Waals surface area contributed by atoms with Crippen LogP contribution in [0.5, 0.6) is 0 Å². The van der Waals surface area contributed by atoms with Gasteiger partial charge < -0.3 is 8.83 Å². The van der Waals surface area contributed by atoms with Gasteiger partial charge >= 0.3 is 0 Å². The van der Waals surface area contributed by atoms with E-state index in [0.717, 1.165) is 77.6 Å². The van der Waals surface area contributed by atoms with Crippen molar-refractivity contribution in [2.75, 3.05) is 0 Å². The second-order valence-corrected chi connectivity index (χ2v) is 10.0. The molecule has 6 aromatic carbocycles. The van der Waals surface area contributed by atoms with Gasteiger partial charge in [0, 0.05) is 33.0 Å². The molecule has 2 heterocycles. The zero-order valence-electron chi connectivity index (χ0n) is 21.7. The molecule has 0 aliphatic rings. The Morgan fingerprint density at radius 2 is 0.675 bits per heavy atom. The highest BCUT2D eigenvalue weighted by Gasteiger charge is 2.28. The molecule has 0 spiro atoms. The van der Waals surface area contributed by atoms with E-state index >= 15 is 0 Å². The Bertz CT molecular complexity index is 2120. The minimum absolute atomic E-state index is 0.841. The molecule has 0 bridgehead atoms. The summed E-state index contributed by atoms with van der Waals surface area (Å²) in [5.74, 6) is 1.71. The third kappa shape index (κ3) is 3.43. The normalized spacial score (nSPS) is 11.5. The van der Waals surface area contributed by atoms with Gasteiger partial charge in [-0.25, -0.2) is 0 Å². The van der Waals surface area contributed by atoms with E-state index in [1.807, 2.05) is 18.2 Å². The van der Waals surface area contributed by atoms with E-state index in [2.05, 4.69) is 127 Å². The van der Waals surface area contributed by atoms with Crippen LogP contribution in [0.25, 0.3) is 77.6 Å². The molecule has 2 aromatic heterocycles. The minimum atomic E-state index is 0.841. The van der Waals surface area contributed by atoms with Crippen LogP contribution < -0.4 is 0 Å². The molecule has 2 heteroatoms. The smallest absolute Gasteiger partial charge is 0.147 e. The summed E-state index contributed by atoms with van der Waals surface area (Å²) in [4.78, 5) is 0. The summed E-state index contributed by atoms with van der Waals surface area (Å²) in [6.07, 6.45) is 0. The maximum atomic E-state index is 7.01. The molecule has 0 fully saturated rings. The van der Waals surface area contributed by atoms with Gasteiger partial charge in [0.05, 0.1) is 5.39 Å². The van der Waals surface area contributed by atoms with Crippen LogP contribution in [0, 0.1) is 0 Å². The molecule has 2 nitrogen and oxygen atoms in total. The molecular weight excluding hydrogens is 488 g/mol. The maximum Gasteiger partial charge on any atom is 0.147 e. The van der Waals surface area contributed by atoms with Gasteiger partial charge in [-0.1, -0.05) is 146 Å². The van der Waals surface area contributed by atoms with Crippen LogP contribution in [0.15, 0.2) is 154 Å². The number of rotatable bonds is 4. The quantitative estimate of drug-likeness (QED) is 0.234. The van der Waals surface area contributed by atoms with Gasteiger partial charge in [0.25, 0.3) is 0 Å². The van der Waals surface area contributed by atoms with Gasteiger partial charge in [-0.05, 0) is 16.5 Å². The molecule has 0 saturated carbocycles. The first-order chi connectivity index (χ1) is 19.9. The monoisotopic (exact) mass is 512 g/mol. The summed E-state index contributed by atoms with van der Waals surface area (Å²) >= 11 is 0. The summed E-state index contributed by atoms with van der Waals surface area (Å²) in [7, 11) is 0. The first-order valence-electron chi connectivity index (χ1n) is 13.5. The largest absolute Gasteiger partial charge is 0.455 e. The van der Waals surface area contributed by atoms with Gasteiger partial charge in [-0.3, -0.25) is 0 Å². The number of hydrogen-bond acceptors (Lipinski definition) is 2. The number of fused-ring (bicyclic) bond motifs is 6. The standard InChI is InChI=1S/C38H24O2/c1-5-15-25(16-6-1)31-33-29-23-13-14-24-30(29)37-34(38(33)40-35(31)27-19-9-3-10-20-27)32(26-17-7-2-8-18-26)36(39-37)28-21-11-4-12-22-28/h1-24H. The van der Waals surface area contributed by atoms with E-state index < -0.39 is 0 Å². The second-order valence-electron chi connectivity index (χ2n) is 10.0. The fourth-order valence-electron chi connectivity index (χ4n) is 5.95. The lowest BCUT2D eigenvalue weighted by Crippen LogP contribution is -1.83. The Kier molecular flexibility index (Phi) is 5.17. The number of benzene rings is 6. The highest BCUT2D eigenvalue weighted by molar-refractivity contribution is 6.30. The van der Waals surface area contributed by atoms with Gasteiger partial charge in [0.1, 0.15) is 22.7 Å². The van der Waals surface area contributed by atoms with Crippen molar-refractivity contribution in [2.24, 2.45) is 0 Å². The Morgan fingerprint density at radius 3 is 1.18 bits per heavy atom. The second kappa shape index (κ2) is 9.14. The summed E-state index contributed by atoms with van der Waals surface area (Å²) in [5.41, 5.74) is 8.13. The molecule has 40 heavy (non-hydrogen) atoms. The van der Waals surface area contributed by atoms with Gasteiger partial charge in [-0.2, -0.15) is 0 Å². The molecule has 0 amide bonds. The first-order valence-corrected chi connectivity index (χ1v) is 13.5. The van der Waals surface area contributed by atoms with Crippen molar-refractivity contribution >= 4 is 32.7 Å². The Balaban J connectivity index is 1.63. The fraction of sp³-hybridized carbons (Fsp3) is 0. The van der Waals surface area contributed by atoms with Crippen LogP contribution >= 0.6 is 0 Å². The number of hydrogen-bond donors (Lipinski definition) is 0. The van der Waals surface area contributed by atoms with E-state index in [1.165, 1.54) is 0 Å². The Morgan fingerprint density at radius 1 is 0.300 bits per heavy atom. The minimum Gasteiger partial charge on any atom is -0.455 e. The van der Waals surface area contributed by atoms with Crippen LogP contribution in [0.4, 0.5) is 0 Å². The molecule has 0 radical (unpaired) electrons. The van der Waals surface area contributed by atoms with Crippen LogP contribution in [-0.2, 0) is 0 Å². The van der Waals surface area contributed by atoms with Crippen molar-refractivity contribution in [1.82, 2.24) is 0 Å². The van der Waals surface area contributed by atoms with E-state index in [-0.39, 0.29) is 0 Å². The molecule has 0 atom stereocenters. The highest BCUT2D eigenvalue weighted by atomic mass is 16.4. The number of furan rings is 2. The molecule has 8 aromatic rings. The highest BCUT2D eigenvalue weighted by Crippen LogP contribution is 2.52. The van der Waals surface area contributed by atoms with E-state index in [9.17, 15) is 0 Å². The lowest BCUT2D eigenvalue weighted by Gasteiger charge is -2.07. The summed E-state index contributed by atoms with van der Waals surface area (Å²) in [6.45, 7) is 0. The Labute approximate surface area is 231 Å². The zero-order chi connectivity index (χ0) is 26.5. The zero-order valence-corrected chi connectivity index (χ0v) is 21.7. The van der Waals surface area contributed by atoms with Crippen LogP contribution in [0.1, 0.15) is 0 Å². The Hall–Kier alpha value is -5.34. The molecule has 0 unspecified atom stereocenters. The molecule has 8 rings (SSSR count). The topological polar surface area (TPSA) is 26.3 Å². The van der Waals surface area contributed by atoms with Crippen molar-refractivity contribution in [3.05, 3.63) is 146 Å². The summed E-state index contributed by atoms with van der Waals surface area (Å²) < 4.78 is 13.9. The SMILES string of the molecule is c1ccc(-c2oc3c(c2-c2ccccc2)c2ccccc2c2oc(-c4ccccc4)c(-c4ccccc4)c23)cc1. The molecule has 0 saturated heterocycles. The summed E-state index contributed by atoms with van der Waals surface area (Å²) in [6, 6.07) is 50.3. The third-order valence-corrected chi connectivity index (χ3v) is 7.68. The molecule has 0 N–H and O–H groups in total. The predicted molar refractivity (Wildman–Crippen MR) is 165 cm³/mol. The van der Waals surface area contributed by atoms with Crippen molar-refractivity contribution < 1.29 is 8.83 Å². The van der Waals surface area contributed by atoms with Gasteiger partial charge in [0.2, 0.25) is 0 Å². The first kappa shape index (κ1) is 22.6. The predicted octanol–water partition coefficient (Wildman–Crippen LogP) is 11.0. The van der Waals surface area contributed by atoms with E-state index in [4.69, 9.17) is 8.83 Å². The van der Waals surface area contributed by atoms with Crippen LogP contribution in [-0.4, -0.2) is 0 Å².